The normalized spacial score (nSPS) is 13.3. The summed E-state index contributed by atoms with van der Waals surface area (Å²) in [5.41, 5.74) is 1.06. The van der Waals surface area contributed by atoms with E-state index in [0.717, 1.165) is 13.0 Å². The number of alkyl halides is 5. The van der Waals surface area contributed by atoms with E-state index in [9.17, 15) is 22.0 Å². The molecular formula is C17H19ClF5N3O. The lowest BCUT2D eigenvalue weighted by molar-refractivity contribution is -0.169. The highest BCUT2D eigenvalue weighted by atomic mass is 35.5. The van der Waals surface area contributed by atoms with Crippen molar-refractivity contribution in [2.45, 2.75) is 52.9 Å². The summed E-state index contributed by atoms with van der Waals surface area (Å²) >= 11 is 6.33. The molecule has 2 aromatic heterocycles. The Balaban J connectivity index is 2.53. The Morgan fingerprint density at radius 1 is 1.26 bits per heavy atom. The number of hydrogen-bond donors (Lipinski definition) is 0. The van der Waals surface area contributed by atoms with E-state index in [1.54, 1.807) is 6.92 Å². The third-order valence-corrected chi connectivity index (χ3v) is 4.46. The van der Waals surface area contributed by atoms with E-state index in [-0.39, 0.29) is 22.0 Å². The number of ether oxygens (including phenoxy) is 1. The Morgan fingerprint density at radius 2 is 1.93 bits per heavy atom. The smallest absolute Gasteiger partial charge is 0.391 e. The zero-order valence-electron chi connectivity index (χ0n) is 14.9. The molecule has 0 N–H and O–H groups in total. The highest BCUT2D eigenvalue weighted by Gasteiger charge is 2.36. The van der Waals surface area contributed by atoms with Crippen LogP contribution in [0.15, 0.2) is 12.3 Å². The van der Waals surface area contributed by atoms with Gasteiger partial charge in [0.25, 0.3) is 0 Å². The van der Waals surface area contributed by atoms with Crippen LogP contribution in [0.1, 0.15) is 32.2 Å². The molecule has 0 unspecified atom stereocenters. The van der Waals surface area contributed by atoms with E-state index in [1.807, 2.05) is 6.92 Å². The molecule has 0 aliphatic heterocycles. The third kappa shape index (κ3) is 4.88. The first-order chi connectivity index (χ1) is 12.6. The minimum absolute atomic E-state index is 0.00590. The number of aromatic nitrogens is 3. The van der Waals surface area contributed by atoms with Gasteiger partial charge in [-0.1, -0.05) is 25.4 Å². The maximum absolute atomic E-state index is 12.9. The van der Waals surface area contributed by atoms with Gasteiger partial charge in [0, 0.05) is 30.9 Å². The Morgan fingerprint density at radius 3 is 2.44 bits per heavy atom. The lowest BCUT2D eigenvalue weighted by Crippen LogP contribution is -2.22. The summed E-state index contributed by atoms with van der Waals surface area (Å²) in [5, 5.41) is 4.59. The second-order valence-corrected chi connectivity index (χ2v) is 6.35. The number of aryl methyl sites for hydroxylation is 2. The molecule has 2 aromatic rings. The fourth-order valence-corrected chi connectivity index (χ4v) is 2.96. The van der Waals surface area contributed by atoms with Crippen molar-refractivity contribution in [3.63, 3.8) is 0 Å². The molecule has 4 nitrogen and oxygen atoms in total. The lowest BCUT2D eigenvalue weighted by Gasteiger charge is -2.17. The molecule has 0 spiro atoms. The molecule has 27 heavy (non-hydrogen) atoms. The van der Waals surface area contributed by atoms with Crippen LogP contribution in [0.25, 0.3) is 11.3 Å². The summed E-state index contributed by atoms with van der Waals surface area (Å²) in [7, 11) is 0. The highest BCUT2D eigenvalue weighted by molar-refractivity contribution is 6.33. The monoisotopic (exact) mass is 411 g/mol. The largest absolute Gasteiger partial charge is 0.434 e. The van der Waals surface area contributed by atoms with Crippen LogP contribution in [-0.4, -0.2) is 27.6 Å². The molecule has 2 rings (SSSR count). The third-order valence-electron chi connectivity index (χ3n) is 4.06. The fourth-order valence-electron chi connectivity index (χ4n) is 2.59. The van der Waals surface area contributed by atoms with Crippen LogP contribution in [0.2, 0.25) is 5.02 Å². The summed E-state index contributed by atoms with van der Waals surface area (Å²) in [6, 6.07) is 1.10. The van der Waals surface area contributed by atoms with Gasteiger partial charge in [-0.25, -0.2) is 0 Å². The van der Waals surface area contributed by atoms with Crippen molar-refractivity contribution in [3.05, 3.63) is 28.7 Å². The molecule has 0 saturated heterocycles. The van der Waals surface area contributed by atoms with Gasteiger partial charge in [-0.3, -0.25) is 9.67 Å². The van der Waals surface area contributed by atoms with E-state index in [0.29, 0.717) is 24.4 Å². The van der Waals surface area contributed by atoms with E-state index in [1.165, 1.54) is 10.9 Å². The lowest BCUT2D eigenvalue weighted by atomic mass is 10.0. The molecule has 0 aromatic carbocycles. The van der Waals surface area contributed by atoms with Crippen molar-refractivity contribution in [2.75, 3.05) is 0 Å². The standard InChI is InChI=1S/C17H19ClF5N3O/c1-4-12-14(18)15(26(5-2)25-12)11-8-24-10(6-9(3)17(21,22)23)7-13(11)27-16(19)20/h7-9,16H,4-6H2,1-3H3/t9-/m0/s1. The molecule has 0 saturated carbocycles. The Hall–Kier alpha value is -1.90. The molecule has 150 valence electrons. The highest BCUT2D eigenvalue weighted by Crippen LogP contribution is 2.38. The summed E-state index contributed by atoms with van der Waals surface area (Å²) in [6.45, 7) is 1.90. The van der Waals surface area contributed by atoms with Crippen LogP contribution in [0.5, 0.6) is 5.75 Å². The van der Waals surface area contributed by atoms with E-state index in [2.05, 4.69) is 14.8 Å². The molecule has 0 bridgehead atoms. The second kappa shape index (κ2) is 8.41. The van der Waals surface area contributed by atoms with E-state index < -0.39 is 25.1 Å². The van der Waals surface area contributed by atoms with E-state index >= 15 is 0 Å². The number of halogens is 6. The molecule has 0 aliphatic rings. The van der Waals surface area contributed by atoms with Crippen LogP contribution in [0, 0.1) is 5.92 Å². The van der Waals surface area contributed by atoms with E-state index in [4.69, 9.17) is 11.6 Å². The quantitative estimate of drug-likeness (QED) is 0.563. The first kappa shape index (κ1) is 21.4. The SMILES string of the molecule is CCc1nn(CC)c(-c2cnc(C[C@H](C)C(F)(F)F)cc2OC(F)F)c1Cl. The van der Waals surface area contributed by atoms with Crippen LogP contribution in [0.4, 0.5) is 22.0 Å². The number of pyridine rings is 1. The minimum atomic E-state index is -4.41. The molecule has 0 fully saturated rings. The number of rotatable bonds is 7. The summed E-state index contributed by atoms with van der Waals surface area (Å²) in [6.07, 6.45) is -3.14. The van der Waals surface area contributed by atoms with Gasteiger partial charge in [0.05, 0.1) is 27.9 Å². The van der Waals surface area contributed by atoms with Gasteiger partial charge in [-0.15, -0.1) is 0 Å². The van der Waals surface area contributed by atoms with Crippen LogP contribution in [-0.2, 0) is 19.4 Å². The predicted molar refractivity (Wildman–Crippen MR) is 91.1 cm³/mol. The van der Waals surface area contributed by atoms with Crippen molar-refractivity contribution in [2.24, 2.45) is 5.92 Å². The average molecular weight is 412 g/mol. The summed E-state index contributed by atoms with van der Waals surface area (Å²) in [5.74, 6) is -1.96. The fraction of sp³-hybridized carbons (Fsp3) is 0.529. The second-order valence-electron chi connectivity index (χ2n) is 5.98. The van der Waals surface area contributed by atoms with Crippen LogP contribution >= 0.6 is 11.6 Å². The van der Waals surface area contributed by atoms with Gasteiger partial charge in [0.2, 0.25) is 0 Å². The molecule has 1 atom stereocenters. The first-order valence-electron chi connectivity index (χ1n) is 8.34. The zero-order valence-corrected chi connectivity index (χ0v) is 15.7. The average Bonchev–Trinajstić information content (AvgIpc) is 2.89. The number of nitrogens with zero attached hydrogens (tertiary/aromatic N) is 3. The zero-order chi connectivity index (χ0) is 20.4. The molecular weight excluding hydrogens is 393 g/mol. The Kier molecular flexibility index (Phi) is 6.67. The summed E-state index contributed by atoms with van der Waals surface area (Å²) < 4.78 is 70.2. The van der Waals surface area contributed by atoms with Gasteiger partial charge in [0.15, 0.2) is 0 Å². The van der Waals surface area contributed by atoms with Crippen LogP contribution in [0.3, 0.4) is 0 Å². The maximum Gasteiger partial charge on any atom is 0.391 e. The topological polar surface area (TPSA) is 39.9 Å². The van der Waals surface area contributed by atoms with Gasteiger partial charge >= 0.3 is 12.8 Å². The van der Waals surface area contributed by atoms with Crippen LogP contribution < -0.4 is 4.74 Å². The Bertz CT molecular complexity index is 792. The minimum Gasteiger partial charge on any atom is -0.434 e. The van der Waals surface area contributed by atoms with Crippen molar-refractivity contribution < 1.29 is 26.7 Å². The van der Waals surface area contributed by atoms with Crippen molar-refractivity contribution in [1.82, 2.24) is 14.8 Å². The molecule has 2 heterocycles. The van der Waals surface area contributed by atoms with Gasteiger partial charge in [-0.05, 0) is 13.3 Å². The molecule has 0 radical (unpaired) electrons. The summed E-state index contributed by atoms with van der Waals surface area (Å²) in [4.78, 5) is 4.00. The molecule has 0 amide bonds. The van der Waals surface area contributed by atoms with Crippen molar-refractivity contribution in [1.29, 1.82) is 0 Å². The van der Waals surface area contributed by atoms with Crippen molar-refractivity contribution >= 4 is 11.6 Å². The first-order valence-corrected chi connectivity index (χ1v) is 8.72. The van der Waals surface area contributed by atoms with Gasteiger partial charge in [0.1, 0.15) is 5.75 Å². The maximum atomic E-state index is 12.9. The predicted octanol–water partition coefficient (Wildman–Crippen LogP) is 5.52. The molecule has 0 aliphatic carbocycles. The van der Waals surface area contributed by atoms with Gasteiger partial charge < -0.3 is 4.74 Å². The number of hydrogen-bond acceptors (Lipinski definition) is 3. The Labute approximate surface area is 158 Å². The molecule has 10 heteroatoms. The van der Waals surface area contributed by atoms with Gasteiger partial charge in [-0.2, -0.15) is 27.1 Å². The van der Waals surface area contributed by atoms with Crippen molar-refractivity contribution in [3.8, 4) is 17.0 Å².